The van der Waals surface area contributed by atoms with E-state index in [4.69, 9.17) is 0 Å². The molecule has 0 aliphatic carbocycles. The molecule has 0 N–H and O–H groups in total. The van der Waals surface area contributed by atoms with E-state index in [9.17, 15) is 0 Å². The van der Waals surface area contributed by atoms with Gasteiger partial charge in [0, 0.05) is 39.8 Å². The van der Waals surface area contributed by atoms with Crippen LogP contribution in [-0.4, -0.2) is 50.7 Å². The van der Waals surface area contributed by atoms with Crippen molar-refractivity contribution in [3.8, 4) is 0 Å². The molecule has 112 valence electrons. The van der Waals surface area contributed by atoms with Crippen molar-refractivity contribution in [1.82, 2.24) is 24.6 Å². The van der Waals surface area contributed by atoms with E-state index in [2.05, 4.69) is 54.9 Å². The number of rotatable bonds is 4. The van der Waals surface area contributed by atoms with Crippen LogP contribution < -0.4 is 0 Å². The monoisotopic (exact) mass is 285 g/mol. The molecule has 5 nitrogen and oxygen atoms in total. The molecule has 0 saturated carbocycles. The predicted molar refractivity (Wildman–Crippen MR) is 82.7 cm³/mol. The van der Waals surface area contributed by atoms with Crippen LogP contribution in [0.4, 0.5) is 0 Å². The first kappa shape index (κ1) is 14.2. The summed E-state index contributed by atoms with van der Waals surface area (Å²) < 4.78 is 2.08. The van der Waals surface area contributed by atoms with Crippen molar-refractivity contribution in [2.75, 3.05) is 26.2 Å². The van der Waals surface area contributed by atoms with Gasteiger partial charge in [0.1, 0.15) is 11.6 Å². The Labute approximate surface area is 126 Å². The normalized spacial score (nSPS) is 17.2. The van der Waals surface area contributed by atoms with Gasteiger partial charge in [-0.2, -0.15) is 0 Å². The second-order valence-electron chi connectivity index (χ2n) is 5.76. The van der Waals surface area contributed by atoms with Crippen molar-refractivity contribution >= 4 is 0 Å². The largest absolute Gasteiger partial charge is 0.317 e. The number of piperazine rings is 1. The third-order valence-corrected chi connectivity index (χ3v) is 4.26. The van der Waals surface area contributed by atoms with E-state index in [-0.39, 0.29) is 0 Å². The van der Waals surface area contributed by atoms with Crippen molar-refractivity contribution < 1.29 is 0 Å². The van der Waals surface area contributed by atoms with E-state index in [1.165, 1.54) is 5.56 Å². The van der Waals surface area contributed by atoms with E-state index in [1.807, 2.05) is 14.0 Å². The summed E-state index contributed by atoms with van der Waals surface area (Å²) in [6.07, 6.45) is 0. The fraction of sp³-hybridized carbons (Fsp3) is 0.500. The highest BCUT2D eigenvalue weighted by Crippen LogP contribution is 2.10. The summed E-state index contributed by atoms with van der Waals surface area (Å²) in [5, 5.41) is 8.38. The summed E-state index contributed by atoms with van der Waals surface area (Å²) >= 11 is 0. The molecule has 2 heterocycles. The van der Waals surface area contributed by atoms with Gasteiger partial charge >= 0.3 is 0 Å². The fourth-order valence-corrected chi connectivity index (χ4v) is 2.74. The summed E-state index contributed by atoms with van der Waals surface area (Å²) in [7, 11) is 2.04. The molecule has 0 bridgehead atoms. The van der Waals surface area contributed by atoms with E-state index >= 15 is 0 Å². The third-order valence-electron chi connectivity index (χ3n) is 4.26. The van der Waals surface area contributed by atoms with Gasteiger partial charge in [0.25, 0.3) is 0 Å². The molecule has 0 unspecified atom stereocenters. The van der Waals surface area contributed by atoms with Crippen LogP contribution in [0.3, 0.4) is 0 Å². The Morgan fingerprint density at radius 2 is 1.52 bits per heavy atom. The van der Waals surface area contributed by atoms with Crippen LogP contribution in [0.5, 0.6) is 0 Å². The fourth-order valence-electron chi connectivity index (χ4n) is 2.74. The molecule has 2 aromatic rings. The van der Waals surface area contributed by atoms with Crippen LogP contribution in [-0.2, 0) is 20.1 Å². The lowest BCUT2D eigenvalue weighted by atomic mass is 10.2. The standard InChI is InChI=1S/C16H23N5/c1-14-17-18-16(19(14)2)13-21-10-8-20(9-11-21)12-15-6-4-3-5-7-15/h3-7H,8-13H2,1-2H3. The first-order chi connectivity index (χ1) is 10.2. The summed E-state index contributed by atoms with van der Waals surface area (Å²) in [4.78, 5) is 4.98. The van der Waals surface area contributed by atoms with Crippen molar-refractivity contribution in [3.05, 3.63) is 47.5 Å². The van der Waals surface area contributed by atoms with Crippen LogP contribution in [0.15, 0.2) is 30.3 Å². The number of hydrogen-bond acceptors (Lipinski definition) is 4. The van der Waals surface area contributed by atoms with Crippen molar-refractivity contribution in [2.24, 2.45) is 7.05 Å². The SMILES string of the molecule is Cc1nnc(CN2CCN(Cc3ccccc3)CC2)n1C. The number of aromatic nitrogens is 3. The molecule has 3 rings (SSSR count). The lowest BCUT2D eigenvalue weighted by molar-refractivity contribution is 0.119. The molecule has 0 amide bonds. The summed E-state index contributed by atoms with van der Waals surface area (Å²) in [6, 6.07) is 10.7. The van der Waals surface area contributed by atoms with Crippen LogP contribution in [0.1, 0.15) is 17.2 Å². The minimum absolute atomic E-state index is 0.899. The van der Waals surface area contributed by atoms with Gasteiger partial charge < -0.3 is 4.57 Å². The van der Waals surface area contributed by atoms with Gasteiger partial charge in [-0.3, -0.25) is 9.80 Å². The Morgan fingerprint density at radius 1 is 0.905 bits per heavy atom. The first-order valence-corrected chi connectivity index (χ1v) is 7.56. The molecule has 1 aromatic carbocycles. The topological polar surface area (TPSA) is 37.2 Å². The van der Waals surface area contributed by atoms with Crippen LogP contribution in [0.25, 0.3) is 0 Å². The quantitative estimate of drug-likeness (QED) is 0.852. The molecule has 1 fully saturated rings. The zero-order chi connectivity index (χ0) is 14.7. The number of nitrogens with zero attached hydrogens (tertiary/aromatic N) is 5. The average molecular weight is 285 g/mol. The molecule has 1 aliphatic rings. The Hall–Kier alpha value is -1.72. The molecule has 0 spiro atoms. The van der Waals surface area contributed by atoms with E-state index in [0.29, 0.717) is 0 Å². The lowest BCUT2D eigenvalue weighted by Gasteiger charge is -2.34. The summed E-state index contributed by atoms with van der Waals surface area (Å²) in [6.45, 7) is 8.37. The molecule has 1 aromatic heterocycles. The smallest absolute Gasteiger partial charge is 0.146 e. The maximum Gasteiger partial charge on any atom is 0.146 e. The van der Waals surface area contributed by atoms with Crippen molar-refractivity contribution in [2.45, 2.75) is 20.0 Å². The zero-order valence-electron chi connectivity index (χ0n) is 12.9. The number of hydrogen-bond donors (Lipinski definition) is 0. The first-order valence-electron chi connectivity index (χ1n) is 7.56. The Balaban J connectivity index is 1.50. The van der Waals surface area contributed by atoms with Crippen molar-refractivity contribution in [1.29, 1.82) is 0 Å². The highest BCUT2D eigenvalue weighted by molar-refractivity contribution is 5.14. The second-order valence-corrected chi connectivity index (χ2v) is 5.76. The zero-order valence-corrected chi connectivity index (χ0v) is 12.9. The van der Waals surface area contributed by atoms with E-state index in [0.717, 1.165) is 50.9 Å². The number of benzene rings is 1. The highest BCUT2D eigenvalue weighted by atomic mass is 15.3. The molecule has 5 heteroatoms. The van der Waals surface area contributed by atoms with Gasteiger partial charge in [-0.15, -0.1) is 10.2 Å². The third kappa shape index (κ3) is 3.49. The van der Waals surface area contributed by atoms with Gasteiger partial charge in [0.05, 0.1) is 6.54 Å². The molecule has 1 aliphatic heterocycles. The maximum absolute atomic E-state index is 4.25. The lowest BCUT2D eigenvalue weighted by Crippen LogP contribution is -2.45. The molecule has 0 radical (unpaired) electrons. The molecular weight excluding hydrogens is 262 g/mol. The average Bonchev–Trinajstić information content (AvgIpc) is 2.82. The van der Waals surface area contributed by atoms with Crippen LogP contribution in [0.2, 0.25) is 0 Å². The Morgan fingerprint density at radius 3 is 2.10 bits per heavy atom. The second kappa shape index (κ2) is 6.37. The van der Waals surface area contributed by atoms with Gasteiger partial charge in [-0.05, 0) is 12.5 Å². The van der Waals surface area contributed by atoms with E-state index < -0.39 is 0 Å². The van der Waals surface area contributed by atoms with Gasteiger partial charge in [-0.1, -0.05) is 30.3 Å². The summed E-state index contributed by atoms with van der Waals surface area (Å²) in [5.74, 6) is 2.04. The molecular formula is C16H23N5. The van der Waals surface area contributed by atoms with Crippen LogP contribution >= 0.6 is 0 Å². The van der Waals surface area contributed by atoms with Crippen molar-refractivity contribution in [3.63, 3.8) is 0 Å². The molecule has 0 atom stereocenters. The number of aryl methyl sites for hydroxylation is 1. The highest BCUT2D eigenvalue weighted by Gasteiger charge is 2.18. The predicted octanol–water partition coefficient (Wildman–Crippen LogP) is 1.44. The Bertz CT molecular complexity index is 570. The summed E-state index contributed by atoms with van der Waals surface area (Å²) in [5.41, 5.74) is 1.40. The molecule has 21 heavy (non-hydrogen) atoms. The minimum atomic E-state index is 0.899. The van der Waals surface area contributed by atoms with E-state index in [1.54, 1.807) is 0 Å². The van der Waals surface area contributed by atoms with Gasteiger partial charge in [0.2, 0.25) is 0 Å². The molecule has 1 saturated heterocycles. The van der Waals surface area contributed by atoms with Gasteiger partial charge in [-0.25, -0.2) is 0 Å². The maximum atomic E-state index is 4.25. The van der Waals surface area contributed by atoms with Crippen LogP contribution in [0, 0.1) is 6.92 Å². The Kier molecular flexibility index (Phi) is 4.31. The van der Waals surface area contributed by atoms with Gasteiger partial charge in [0.15, 0.2) is 0 Å². The minimum Gasteiger partial charge on any atom is -0.317 e.